The molecule has 2 aromatic heterocycles. The molecular formula is C43H45FN10O6. The molecule has 5 aromatic rings. The van der Waals surface area contributed by atoms with E-state index in [9.17, 15) is 19.2 Å². The number of nitrogens with one attached hydrogen (secondary N) is 2. The molecule has 7 heterocycles. The van der Waals surface area contributed by atoms with E-state index in [-0.39, 0.29) is 30.1 Å². The average molecular weight is 817 g/mol. The fourth-order valence-electron chi connectivity index (χ4n) is 9.69. The molecule has 2 atom stereocenters. The number of hydrogen-bond donors (Lipinski definition) is 2. The van der Waals surface area contributed by atoms with Crippen LogP contribution in [0.2, 0.25) is 0 Å². The zero-order chi connectivity index (χ0) is 40.9. The van der Waals surface area contributed by atoms with Crippen LogP contribution in [-0.2, 0) is 9.59 Å². The van der Waals surface area contributed by atoms with Gasteiger partial charge in [0.25, 0.3) is 11.8 Å². The number of H-pyrrole nitrogens is 1. The molecular weight excluding hydrogens is 772 g/mol. The highest BCUT2D eigenvalue weighted by Gasteiger charge is 2.45. The van der Waals surface area contributed by atoms with Gasteiger partial charge in [-0.2, -0.15) is 5.21 Å². The highest BCUT2D eigenvalue weighted by atomic mass is 19.1. The number of tetrazole rings is 1. The Morgan fingerprint density at radius 1 is 0.800 bits per heavy atom. The number of aromatic amines is 1. The van der Waals surface area contributed by atoms with Crippen molar-refractivity contribution in [2.45, 2.75) is 57.1 Å². The SMILES string of the molecule is O=C1CCC(N2C(=O)c3cc(F)c(N4CC[C@H](CN5CCC(CN6CCC(Oc7cccc(-c8onc9ccc(-c%10nn[nH]n%10)cc89)c7)CC6)CC5)C4)cc3C2=O)C(=O)N1. The number of ether oxygens (including phenoxy) is 1. The Morgan fingerprint density at radius 3 is 2.32 bits per heavy atom. The van der Waals surface area contributed by atoms with Crippen molar-refractivity contribution >= 4 is 40.2 Å². The van der Waals surface area contributed by atoms with Gasteiger partial charge in [0.2, 0.25) is 17.6 Å². The summed E-state index contributed by atoms with van der Waals surface area (Å²) >= 11 is 0. The second-order valence-corrected chi connectivity index (χ2v) is 16.8. The average Bonchev–Trinajstić information content (AvgIpc) is 4.08. The van der Waals surface area contributed by atoms with Gasteiger partial charge in [0, 0.05) is 56.8 Å². The number of halogens is 1. The third-order valence-corrected chi connectivity index (χ3v) is 12.9. The van der Waals surface area contributed by atoms with Crippen molar-refractivity contribution in [2.24, 2.45) is 11.8 Å². The van der Waals surface area contributed by atoms with Gasteiger partial charge in [-0.3, -0.25) is 29.4 Å². The molecule has 0 bridgehead atoms. The quantitative estimate of drug-likeness (QED) is 0.191. The van der Waals surface area contributed by atoms with Crippen LogP contribution >= 0.6 is 0 Å². The molecule has 0 saturated carbocycles. The van der Waals surface area contributed by atoms with E-state index >= 15 is 4.39 Å². The van der Waals surface area contributed by atoms with Crippen molar-refractivity contribution in [1.29, 1.82) is 0 Å². The lowest BCUT2D eigenvalue weighted by Crippen LogP contribution is -2.54. The summed E-state index contributed by atoms with van der Waals surface area (Å²) in [4.78, 5) is 58.5. The number of aromatic nitrogens is 5. The van der Waals surface area contributed by atoms with Crippen molar-refractivity contribution in [1.82, 2.24) is 45.8 Å². The minimum atomic E-state index is -1.08. The Bertz CT molecular complexity index is 2460. The number of imide groups is 2. The molecule has 0 spiro atoms. The predicted molar refractivity (Wildman–Crippen MR) is 215 cm³/mol. The Hall–Kier alpha value is -6.07. The molecule has 16 nitrogen and oxygen atoms in total. The van der Waals surface area contributed by atoms with Gasteiger partial charge in [-0.05, 0) is 111 Å². The lowest BCUT2D eigenvalue weighted by Gasteiger charge is -2.38. The Morgan fingerprint density at radius 2 is 1.55 bits per heavy atom. The summed E-state index contributed by atoms with van der Waals surface area (Å²) in [6.45, 7) is 7.43. The first-order chi connectivity index (χ1) is 29.2. The maximum Gasteiger partial charge on any atom is 0.262 e. The molecule has 60 heavy (non-hydrogen) atoms. The summed E-state index contributed by atoms with van der Waals surface area (Å²) in [5.41, 5.74) is 2.82. The predicted octanol–water partition coefficient (Wildman–Crippen LogP) is 4.30. The topological polar surface area (TPSA) is 183 Å². The fraction of sp³-hybridized carbons (Fsp3) is 0.442. The summed E-state index contributed by atoms with van der Waals surface area (Å²) in [7, 11) is 0. The van der Waals surface area contributed by atoms with Crippen molar-refractivity contribution in [2.75, 3.05) is 57.3 Å². The standard InChI is InChI=1S/C43H45FN10O6/c44-34-20-31-32(43(58)54(42(31)57)36-6-7-38(55)45-41(36)56)21-37(34)53-17-10-26(24-53)23-51-13-8-25(9-14-51)22-52-15-11-29(12-16-52)59-30-3-1-2-27(18-30)39-33-19-28(40-46-49-50-47-40)4-5-35(33)48-60-39/h1-5,18-21,25-26,29,36H,6-17,22-24H2,(H,45,55,56)(H,46,47,49,50)/t26-,36?/m1/s1. The number of piperidine rings is 3. The number of amides is 4. The molecule has 5 aliphatic rings. The molecule has 10 rings (SSSR count). The molecule has 1 unspecified atom stereocenters. The molecule has 2 N–H and O–H groups in total. The van der Waals surface area contributed by atoms with E-state index in [1.807, 2.05) is 47.4 Å². The summed E-state index contributed by atoms with van der Waals surface area (Å²) in [6.07, 6.45) is 5.36. The van der Waals surface area contributed by atoms with E-state index in [0.29, 0.717) is 42.2 Å². The van der Waals surface area contributed by atoms with Crippen LogP contribution in [0, 0.1) is 17.7 Å². The smallest absolute Gasteiger partial charge is 0.262 e. The van der Waals surface area contributed by atoms with Gasteiger partial charge in [0.15, 0.2) is 5.76 Å². The summed E-state index contributed by atoms with van der Waals surface area (Å²) in [5.74, 6) is -0.0203. The monoisotopic (exact) mass is 816 g/mol. The van der Waals surface area contributed by atoms with Crippen molar-refractivity contribution in [3.8, 4) is 28.5 Å². The number of fused-ring (bicyclic) bond motifs is 2. The number of rotatable bonds is 10. The first-order valence-corrected chi connectivity index (χ1v) is 20.9. The molecule has 0 aliphatic carbocycles. The third kappa shape index (κ3) is 7.40. The van der Waals surface area contributed by atoms with E-state index in [0.717, 1.165) is 110 Å². The molecule has 310 valence electrons. The first-order valence-electron chi connectivity index (χ1n) is 20.9. The van der Waals surface area contributed by atoms with Crippen LogP contribution in [0.5, 0.6) is 5.75 Å². The molecule has 4 saturated heterocycles. The fourth-order valence-corrected chi connectivity index (χ4v) is 9.69. The molecule has 0 radical (unpaired) electrons. The van der Waals surface area contributed by atoms with E-state index in [4.69, 9.17) is 9.26 Å². The van der Waals surface area contributed by atoms with Crippen molar-refractivity contribution in [3.63, 3.8) is 0 Å². The number of carbonyl (C=O) groups excluding carboxylic acids is 4. The number of nitrogens with zero attached hydrogens (tertiary/aromatic N) is 8. The Labute approximate surface area is 344 Å². The van der Waals surface area contributed by atoms with Crippen LogP contribution in [-0.4, -0.2) is 129 Å². The largest absolute Gasteiger partial charge is 0.490 e. The molecule has 17 heteroatoms. The molecule has 3 aromatic carbocycles. The minimum absolute atomic E-state index is 0.0296. The Kier molecular flexibility index (Phi) is 10.1. The number of anilines is 1. The number of hydrogen-bond acceptors (Lipinski definition) is 13. The molecule has 5 aliphatic heterocycles. The Balaban J connectivity index is 0.677. The molecule has 4 fully saturated rings. The van der Waals surface area contributed by atoms with Crippen LogP contribution in [0.3, 0.4) is 0 Å². The van der Waals surface area contributed by atoms with Gasteiger partial charge in [-0.15, -0.1) is 10.2 Å². The van der Waals surface area contributed by atoms with Gasteiger partial charge < -0.3 is 24.0 Å². The number of likely N-dealkylation sites (tertiary alicyclic amines) is 2. The van der Waals surface area contributed by atoms with E-state index in [1.165, 1.54) is 6.07 Å². The first kappa shape index (κ1) is 38.2. The second kappa shape index (κ2) is 15.8. The van der Waals surface area contributed by atoms with Crippen LogP contribution in [0.25, 0.3) is 33.6 Å². The van der Waals surface area contributed by atoms with Crippen LogP contribution in [0.1, 0.15) is 65.7 Å². The van der Waals surface area contributed by atoms with Crippen molar-refractivity contribution in [3.05, 3.63) is 71.5 Å². The van der Waals surface area contributed by atoms with Crippen molar-refractivity contribution < 1.29 is 32.8 Å². The van der Waals surface area contributed by atoms with E-state index in [2.05, 4.69) is 40.9 Å². The lowest BCUT2D eigenvalue weighted by molar-refractivity contribution is -0.136. The van der Waals surface area contributed by atoms with E-state index < -0.39 is 35.5 Å². The van der Waals surface area contributed by atoms with Gasteiger partial charge in [-0.25, -0.2) is 4.39 Å². The maximum atomic E-state index is 15.5. The number of benzene rings is 3. The summed E-state index contributed by atoms with van der Waals surface area (Å²) < 4.78 is 27.8. The summed E-state index contributed by atoms with van der Waals surface area (Å²) in [5, 5.41) is 21.7. The molecule has 4 amide bonds. The van der Waals surface area contributed by atoms with Gasteiger partial charge in [0.1, 0.15) is 29.2 Å². The van der Waals surface area contributed by atoms with Crippen LogP contribution in [0.4, 0.5) is 10.1 Å². The second-order valence-electron chi connectivity index (χ2n) is 16.8. The zero-order valence-electron chi connectivity index (χ0n) is 33.0. The number of carbonyl (C=O) groups is 4. The summed E-state index contributed by atoms with van der Waals surface area (Å²) in [6, 6.07) is 15.2. The van der Waals surface area contributed by atoms with E-state index in [1.54, 1.807) is 0 Å². The highest BCUT2D eigenvalue weighted by molar-refractivity contribution is 6.23. The highest BCUT2D eigenvalue weighted by Crippen LogP contribution is 2.36. The third-order valence-electron chi connectivity index (χ3n) is 12.9. The maximum absolute atomic E-state index is 15.5. The van der Waals surface area contributed by atoms with Gasteiger partial charge >= 0.3 is 0 Å². The minimum Gasteiger partial charge on any atom is -0.490 e. The normalized spacial score (nSPS) is 22.3. The zero-order valence-corrected chi connectivity index (χ0v) is 33.0. The van der Waals surface area contributed by atoms with Gasteiger partial charge in [0.05, 0.1) is 22.2 Å². The van der Waals surface area contributed by atoms with Gasteiger partial charge in [-0.1, -0.05) is 17.3 Å². The van der Waals surface area contributed by atoms with Crippen LogP contribution in [0.15, 0.2) is 59.1 Å². The van der Waals surface area contributed by atoms with Crippen LogP contribution < -0.4 is 15.0 Å². The lowest BCUT2D eigenvalue weighted by atomic mass is 9.94.